The molecule has 1 aromatic heterocycles. The van der Waals surface area contributed by atoms with Gasteiger partial charge in [-0.05, 0) is 31.9 Å². The average molecular weight is 195 g/mol. The highest BCUT2D eigenvalue weighted by atomic mass is 16.4. The second kappa shape index (κ2) is 3.46. The van der Waals surface area contributed by atoms with Gasteiger partial charge in [0.25, 0.3) is 0 Å². The normalized spacial score (nSPS) is 26.6. The SMILES string of the molecule is Cc1ccc([C@H]2CC[C@@H](C(=O)O)N2)o1. The van der Waals surface area contributed by atoms with Crippen molar-refractivity contribution in [1.82, 2.24) is 5.32 Å². The van der Waals surface area contributed by atoms with Crippen LogP contribution in [-0.4, -0.2) is 17.1 Å². The zero-order chi connectivity index (χ0) is 10.1. The minimum atomic E-state index is -0.782. The number of carbonyl (C=O) groups is 1. The van der Waals surface area contributed by atoms with E-state index < -0.39 is 12.0 Å². The van der Waals surface area contributed by atoms with E-state index in [0.717, 1.165) is 17.9 Å². The number of carboxylic acids is 1. The van der Waals surface area contributed by atoms with Crippen LogP contribution in [0.5, 0.6) is 0 Å². The van der Waals surface area contributed by atoms with E-state index in [-0.39, 0.29) is 6.04 Å². The molecule has 2 N–H and O–H groups in total. The predicted molar refractivity (Wildman–Crippen MR) is 50.0 cm³/mol. The van der Waals surface area contributed by atoms with Gasteiger partial charge in [0.05, 0.1) is 6.04 Å². The molecule has 2 rings (SSSR count). The number of carboxylic acid groups (broad SMARTS) is 1. The lowest BCUT2D eigenvalue weighted by Crippen LogP contribution is -2.31. The smallest absolute Gasteiger partial charge is 0.320 e. The van der Waals surface area contributed by atoms with Crippen LogP contribution >= 0.6 is 0 Å². The quantitative estimate of drug-likeness (QED) is 0.750. The third-order valence-electron chi connectivity index (χ3n) is 2.55. The van der Waals surface area contributed by atoms with Gasteiger partial charge in [-0.2, -0.15) is 0 Å². The Hall–Kier alpha value is -1.29. The summed E-state index contributed by atoms with van der Waals surface area (Å²) in [4.78, 5) is 10.7. The molecule has 0 aromatic carbocycles. The van der Waals surface area contributed by atoms with Crippen molar-refractivity contribution in [2.75, 3.05) is 0 Å². The summed E-state index contributed by atoms with van der Waals surface area (Å²) in [5, 5.41) is 11.8. The minimum Gasteiger partial charge on any atom is -0.480 e. The fraction of sp³-hybridized carbons (Fsp3) is 0.500. The van der Waals surface area contributed by atoms with E-state index in [4.69, 9.17) is 9.52 Å². The Morgan fingerprint density at radius 1 is 1.57 bits per heavy atom. The Morgan fingerprint density at radius 3 is 2.86 bits per heavy atom. The largest absolute Gasteiger partial charge is 0.480 e. The van der Waals surface area contributed by atoms with Gasteiger partial charge >= 0.3 is 5.97 Å². The molecule has 2 atom stereocenters. The van der Waals surface area contributed by atoms with Gasteiger partial charge in [-0.1, -0.05) is 0 Å². The Bertz CT molecular complexity index is 345. The van der Waals surface area contributed by atoms with Crippen LogP contribution in [0.25, 0.3) is 0 Å². The first-order chi connectivity index (χ1) is 6.66. The molecular weight excluding hydrogens is 182 g/mol. The van der Waals surface area contributed by atoms with Crippen molar-refractivity contribution in [2.24, 2.45) is 0 Å². The Kier molecular flexibility index (Phi) is 2.29. The summed E-state index contributed by atoms with van der Waals surface area (Å²) in [7, 11) is 0. The molecule has 0 amide bonds. The number of aliphatic carboxylic acids is 1. The van der Waals surface area contributed by atoms with Crippen molar-refractivity contribution < 1.29 is 14.3 Å². The third kappa shape index (κ3) is 1.65. The van der Waals surface area contributed by atoms with Crippen molar-refractivity contribution in [3.05, 3.63) is 23.7 Å². The number of hydrogen-bond acceptors (Lipinski definition) is 3. The first-order valence-electron chi connectivity index (χ1n) is 4.72. The van der Waals surface area contributed by atoms with Gasteiger partial charge in [-0.15, -0.1) is 0 Å². The lowest BCUT2D eigenvalue weighted by Gasteiger charge is -2.08. The zero-order valence-electron chi connectivity index (χ0n) is 7.99. The maximum Gasteiger partial charge on any atom is 0.320 e. The first kappa shape index (κ1) is 9.27. The predicted octanol–water partition coefficient (Wildman–Crippen LogP) is 1.47. The summed E-state index contributed by atoms with van der Waals surface area (Å²) in [6.45, 7) is 1.88. The molecule has 0 bridgehead atoms. The van der Waals surface area contributed by atoms with E-state index in [0.29, 0.717) is 6.42 Å². The van der Waals surface area contributed by atoms with E-state index in [1.165, 1.54) is 0 Å². The lowest BCUT2D eigenvalue weighted by molar-refractivity contribution is -0.139. The summed E-state index contributed by atoms with van der Waals surface area (Å²) in [6, 6.07) is 3.43. The Morgan fingerprint density at radius 2 is 2.36 bits per heavy atom. The van der Waals surface area contributed by atoms with Crippen LogP contribution in [0, 0.1) is 6.92 Å². The molecule has 2 heterocycles. The van der Waals surface area contributed by atoms with Gasteiger partial charge in [0.1, 0.15) is 17.6 Å². The van der Waals surface area contributed by atoms with E-state index >= 15 is 0 Å². The second-order valence-electron chi connectivity index (χ2n) is 3.64. The summed E-state index contributed by atoms with van der Waals surface area (Å²) >= 11 is 0. The number of rotatable bonds is 2. The van der Waals surface area contributed by atoms with Crippen LogP contribution < -0.4 is 5.32 Å². The first-order valence-corrected chi connectivity index (χ1v) is 4.72. The van der Waals surface area contributed by atoms with Gasteiger partial charge in [0.2, 0.25) is 0 Å². The van der Waals surface area contributed by atoms with Crippen LogP contribution in [-0.2, 0) is 4.79 Å². The number of nitrogens with one attached hydrogen (secondary N) is 1. The van der Waals surface area contributed by atoms with Crippen LogP contribution in [0.3, 0.4) is 0 Å². The molecular formula is C10H13NO3. The fourth-order valence-electron chi connectivity index (χ4n) is 1.80. The van der Waals surface area contributed by atoms with Gasteiger partial charge < -0.3 is 9.52 Å². The average Bonchev–Trinajstić information content (AvgIpc) is 2.70. The number of furan rings is 1. The molecule has 4 heteroatoms. The summed E-state index contributed by atoms with van der Waals surface area (Å²) < 4.78 is 5.44. The monoisotopic (exact) mass is 195 g/mol. The van der Waals surface area contributed by atoms with E-state index in [9.17, 15) is 4.79 Å². The van der Waals surface area contributed by atoms with Crippen molar-refractivity contribution in [3.8, 4) is 0 Å². The van der Waals surface area contributed by atoms with Gasteiger partial charge in [0, 0.05) is 0 Å². The highest BCUT2D eigenvalue weighted by Crippen LogP contribution is 2.27. The fourth-order valence-corrected chi connectivity index (χ4v) is 1.80. The van der Waals surface area contributed by atoms with E-state index in [2.05, 4.69) is 5.32 Å². The van der Waals surface area contributed by atoms with Crippen molar-refractivity contribution >= 4 is 5.97 Å². The molecule has 0 unspecified atom stereocenters. The van der Waals surface area contributed by atoms with Crippen LogP contribution in [0.1, 0.15) is 30.4 Å². The van der Waals surface area contributed by atoms with E-state index in [1.54, 1.807) is 0 Å². The third-order valence-corrected chi connectivity index (χ3v) is 2.55. The standard InChI is InChI=1S/C10H13NO3/c1-6-2-5-9(14-6)7-3-4-8(11-7)10(12)13/h2,5,7-8,11H,3-4H2,1H3,(H,12,13)/t7-,8+/m1/s1. The second-order valence-corrected chi connectivity index (χ2v) is 3.64. The molecule has 14 heavy (non-hydrogen) atoms. The topological polar surface area (TPSA) is 62.5 Å². The van der Waals surface area contributed by atoms with Crippen LogP contribution in [0.15, 0.2) is 16.5 Å². The number of aryl methyl sites for hydroxylation is 1. The molecule has 1 saturated heterocycles. The molecule has 1 fully saturated rings. The van der Waals surface area contributed by atoms with Gasteiger partial charge in [-0.25, -0.2) is 0 Å². The molecule has 1 aliphatic rings. The molecule has 4 nitrogen and oxygen atoms in total. The highest BCUT2D eigenvalue weighted by molar-refractivity contribution is 5.73. The van der Waals surface area contributed by atoms with E-state index in [1.807, 2.05) is 19.1 Å². The maximum atomic E-state index is 10.7. The van der Waals surface area contributed by atoms with Crippen molar-refractivity contribution in [1.29, 1.82) is 0 Å². The Balaban J connectivity index is 2.05. The molecule has 1 aromatic rings. The molecule has 76 valence electrons. The maximum absolute atomic E-state index is 10.7. The zero-order valence-corrected chi connectivity index (χ0v) is 7.99. The molecule has 0 aliphatic carbocycles. The molecule has 0 spiro atoms. The number of hydrogen-bond donors (Lipinski definition) is 2. The molecule has 0 saturated carbocycles. The van der Waals surface area contributed by atoms with Crippen LogP contribution in [0.2, 0.25) is 0 Å². The Labute approximate surface area is 81.9 Å². The summed E-state index contributed by atoms with van der Waals surface area (Å²) in [5.41, 5.74) is 0. The van der Waals surface area contributed by atoms with Crippen LogP contribution in [0.4, 0.5) is 0 Å². The van der Waals surface area contributed by atoms with Crippen molar-refractivity contribution in [2.45, 2.75) is 31.8 Å². The highest BCUT2D eigenvalue weighted by Gasteiger charge is 2.31. The summed E-state index contributed by atoms with van der Waals surface area (Å²) in [5.74, 6) is 0.919. The van der Waals surface area contributed by atoms with Gasteiger partial charge in [0.15, 0.2) is 0 Å². The molecule has 1 aliphatic heterocycles. The molecule has 0 radical (unpaired) electrons. The minimum absolute atomic E-state index is 0.0600. The summed E-state index contributed by atoms with van der Waals surface area (Å²) in [6.07, 6.45) is 1.49. The lowest BCUT2D eigenvalue weighted by atomic mass is 10.1. The van der Waals surface area contributed by atoms with Crippen molar-refractivity contribution in [3.63, 3.8) is 0 Å². The van der Waals surface area contributed by atoms with Gasteiger partial charge in [-0.3, -0.25) is 10.1 Å².